The van der Waals surface area contributed by atoms with Gasteiger partial charge in [-0.1, -0.05) is 27.3 Å². The summed E-state index contributed by atoms with van der Waals surface area (Å²) >= 11 is 4.60. The first-order valence-electron chi connectivity index (χ1n) is 6.72. The number of nitrogens with one attached hydrogen (secondary N) is 1. The Morgan fingerprint density at radius 3 is 2.55 bits per heavy atom. The summed E-state index contributed by atoms with van der Waals surface area (Å²) in [5, 5.41) is 12.7. The number of aryl methyl sites for hydroxylation is 3. The van der Waals surface area contributed by atoms with Crippen LogP contribution < -0.4 is 10.1 Å². The number of carboxylic acids is 1. The molecule has 0 unspecified atom stereocenters. The van der Waals surface area contributed by atoms with E-state index in [9.17, 15) is 4.79 Å². The normalized spacial score (nSPS) is 10.5. The van der Waals surface area contributed by atoms with E-state index < -0.39 is 5.97 Å². The fourth-order valence-electron chi connectivity index (χ4n) is 2.11. The van der Waals surface area contributed by atoms with Gasteiger partial charge in [0.05, 0.1) is 12.2 Å². The number of hydrogen-bond donors (Lipinski definition) is 2. The summed E-state index contributed by atoms with van der Waals surface area (Å²) in [4.78, 5) is 15.4. The Morgan fingerprint density at radius 1 is 1.36 bits per heavy atom. The molecule has 1 aromatic heterocycles. The first kappa shape index (κ1) is 16.8. The number of anilines is 1. The molecule has 7 heteroatoms. The molecule has 0 fully saturated rings. The van der Waals surface area contributed by atoms with Gasteiger partial charge < -0.3 is 15.2 Å². The number of nitrogens with zero attached hydrogens (tertiary/aromatic N) is 1. The van der Waals surface area contributed by atoms with Gasteiger partial charge in [-0.25, -0.2) is 9.78 Å². The van der Waals surface area contributed by atoms with Crippen molar-refractivity contribution in [1.82, 2.24) is 4.98 Å². The van der Waals surface area contributed by atoms with Crippen LogP contribution in [0, 0.1) is 20.8 Å². The summed E-state index contributed by atoms with van der Waals surface area (Å²) in [5.74, 6) is -0.0630. The van der Waals surface area contributed by atoms with Crippen molar-refractivity contribution in [1.29, 1.82) is 0 Å². The van der Waals surface area contributed by atoms with E-state index in [-0.39, 0.29) is 4.88 Å². The molecule has 0 aliphatic heterocycles. The van der Waals surface area contributed by atoms with E-state index in [1.54, 1.807) is 6.92 Å². The van der Waals surface area contributed by atoms with Gasteiger partial charge in [-0.3, -0.25) is 0 Å². The van der Waals surface area contributed by atoms with Crippen molar-refractivity contribution < 1.29 is 14.6 Å². The minimum absolute atomic E-state index is 0.267. The Kier molecular flexibility index (Phi) is 5.42. The van der Waals surface area contributed by atoms with E-state index in [0.29, 0.717) is 24.0 Å². The molecule has 0 atom stereocenters. The number of hydrogen-bond acceptors (Lipinski definition) is 5. The van der Waals surface area contributed by atoms with Crippen LogP contribution in [0.2, 0.25) is 0 Å². The molecule has 0 aliphatic rings. The highest BCUT2D eigenvalue weighted by atomic mass is 79.9. The lowest BCUT2D eigenvalue weighted by molar-refractivity contribution is 0.0701. The van der Waals surface area contributed by atoms with Crippen LogP contribution in [0.25, 0.3) is 0 Å². The Bertz CT molecular complexity index is 677. The lowest BCUT2D eigenvalue weighted by atomic mass is 10.1. The number of carbonyl (C=O) groups is 1. The maximum absolute atomic E-state index is 11.0. The highest BCUT2D eigenvalue weighted by Crippen LogP contribution is 2.27. The van der Waals surface area contributed by atoms with Crippen molar-refractivity contribution in [2.75, 3.05) is 18.5 Å². The second-order valence-corrected chi connectivity index (χ2v) is 6.80. The summed E-state index contributed by atoms with van der Waals surface area (Å²) in [7, 11) is 0. The summed E-state index contributed by atoms with van der Waals surface area (Å²) in [5.41, 5.74) is 2.68. The third-order valence-electron chi connectivity index (χ3n) is 3.04. The van der Waals surface area contributed by atoms with Gasteiger partial charge >= 0.3 is 5.97 Å². The topological polar surface area (TPSA) is 71.5 Å². The van der Waals surface area contributed by atoms with Crippen LogP contribution in [-0.4, -0.2) is 29.2 Å². The fourth-order valence-corrected chi connectivity index (χ4v) is 3.62. The van der Waals surface area contributed by atoms with Gasteiger partial charge in [0.2, 0.25) is 0 Å². The molecule has 0 bridgehead atoms. The number of thiazole rings is 1. The molecule has 0 spiro atoms. The summed E-state index contributed by atoms with van der Waals surface area (Å²) < 4.78 is 6.84. The van der Waals surface area contributed by atoms with Crippen molar-refractivity contribution in [3.63, 3.8) is 0 Å². The van der Waals surface area contributed by atoms with Gasteiger partial charge in [-0.05, 0) is 44.0 Å². The van der Waals surface area contributed by atoms with Gasteiger partial charge in [0.15, 0.2) is 5.13 Å². The number of aromatic carboxylic acids is 1. The molecule has 0 aliphatic carbocycles. The number of carboxylic acid groups (broad SMARTS) is 1. The van der Waals surface area contributed by atoms with Crippen LogP contribution in [0.4, 0.5) is 5.13 Å². The van der Waals surface area contributed by atoms with E-state index in [2.05, 4.69) is 26.2 Å². The van der Waals surface area contributed by atoms with Crippen LogP contribution in [0.3, 0.4) is 0 Å². The Hall–Kier alpha value is -1.60. The first-order valence-corrected chi connectivity index (χ1v) is 8.33. The Balaban J connectivity index is 1.90. The number of halogens is 1. The molecule has 1 aromatic carbocycles. The van der Waals surface area contributed by atoms with E-state index in [4.69, 9.17) is 9.84 Å². The fraction of sp³-hybridized carbons (Fsp3) is 0.333. The predicted octanol–water partition coefficient (Wildman–Crippen LogP) is 4.02. The largest absolute Gasteiger partial charge is 0.491 e. The van der Waals surface area contributed by atoms with Crippen LogP contribution >= 0.6 is 27.3 Å². The maximum Gasteiger partial charge on any atom is 0.347 e. The molecular formula is C15H17BrN2O3S. The van der Waals surface area contributed by atoms with E-state index in [1.165, 1.54) is 0 Å². The molecule has 0 amide bonds. The predicted molar refractivity (Wildman–Crippen MR) is 91.4 cm³/mol. The molecule has 5 nitrogen and oxygen atoms in total. The summed E-state index contributed by atoms with van der Waals surface area (Å²) in [6, 6.07) is 4.03. The van der Waals surface area contributed by atoms with Gasteiger partial charge in [0.25, 0.3) is 0 Å². The van der Waals surface area contributed by atoms with Crippen LogP contribution in [0.1, 0.15) is 26.5 Å². The number of ether oxygens (including phenoxy) is 1. The lowest BCUT2D eigenvalue weighted by Crippen LogP contribution is -2.12. The standard InChI is InChI=1S/C15H17BrN2O3S/c1-8-6-11(16)7-9(2)12(8)21-5-4-17-15-18-10(3)13(22-15)14(19)20/h6-7H,4-5H2,1-3H3,(H,17,18)(H,19,20). The van der Waals surface area contributed by atoms with Crippen molar-refractivity contribution in [2.24, 2.45) is 0 Å². The minimum Gasteiger partial charge on any atom is -0.491 e. The zero-order valence-corrected chi connectivity index (χ0v) is 15.0. The molecule has 1 heterocycles. The SMILES string of the molecule is Cc1cc(Br)cc(C)c1OCCNc1nc(C)c(C(=O)O)s1. The first-order chi connectivity index (χ1) is 10.4. The quantitative estimate of drug-likeness (QED) is 0.735. The highest BCUT2D eigenvalue weighted by Gasteiger charge is 2.13. The maximum atomic E-state index is 11.0. The Morgan fingerprint density at radius 2 is 2.00 bits per heavy atom. The molecule has 2 N–H and O–H groups in total. The molecule has 118 valence electrons. The second kappa shape index (κ2) is 7.11. The number of benzene rings is 1. The van der Waals surface area contributed by atoms with Crippen LogP contribution in [0.15, 0.2) is 16.6 Å². The van der Waals surface area contributed by atoms with Gasteiger partial charge in [0.1, 0.15) is 17.2 Å². The smallest absolute Gasteiger partial charge is 0.347 e. The molecule has 0 radical (unpaired) electrons. The molecule has 22 heavy (non-hydrogen) atoms. The molecule has 0 saturated heterocycles. The average Bonchev–Trinajstić information content (AvgIpc) is 2.78. The van der Waals surface area contributed by atoms with Gasteiger partial charge in [-0.15, -0.1) is 0 Å². The van der Waals surface area contributed by atoms with Gasteiger partial charge in [-0.2, -0.15) is 0 Å². The van der Waals surface area contributed by atoms with E-state index in [0.717, 1.165) is 32.7 Å². The zero-order chi connectivity index (χ0) is 16.3. The molecular weight excluding hydrogens is 368 g/mol. The third kappa shape index (κ3) is 3.98. The molecule has 0 saturated carbocycles. The highest BCUT2D eigenvalue weighted by molar-refractivity contribution is 9.10. The number of rotatable bonds is 6. The van der Waals surface area contributed by atoms with Crippen molar-refractivity contribution in [2.45, 2.75) is 20.8 Å². The molecule has 2 aromatic rings. The monoisotopic (exact) mass is 384 g/mol. The number of aromatic nitrogens is 1. The summed E-state index contributed by atoms with van der Waals surface area (Å²) in [6.07, 6.45) is 0. The van der Waals surface area contributed by atoms with Gasteiger partial charge in [0, 0.05) is 4.47 Å². The Labute approximate surface area is 141 Å². The summed E-state index contributed by atoms with van der Waals surface area (Å²) in [6.45, 7) is 6.73. The second-order valence-electron chi connectivity index (χ2n) is 4.88. The van der Waals surface area contributed by atoms with Crippen molar-refractivity contribution in [3.05, 3.63) is 38.3 Å². The molecule has 2 rings (SSSR count). The van der Waals surface area contributed by atoms with Crippen LogP contribution in [-0.2, 0) is 0 Å². The van der Waals surface area contributed by atoms with Crippen molar-refractivity contribution in [3.8, 4) is 5.75 Å². The van der Waals surface area contributed by atoms with Crippen LogP contribution in [0.5, 0.6) is 5.75 Å². The van der Waals surface area contributed by atoms with E-state index in [1.807, 2.05) is 26.0 Å². The lowest BCUT2D eigenvalue weighted by Gasteiger charge is -2.12. The van der Waals surface area contributed by atoms with Crippen molar-refractivity contribution >= 4 is 38.4 Å². The minimum atomic E-state index is -0.944. The third-order valence-corrected chi connectivity index (χ3v) is 4.60. The average molecular weight is 385 g/mol. The van der Waals surface area contributed by atoms with E-state index >= 15 is 0 Å². The zero-order valence-electron chi connectivity index (χ0n) is 12.6.